The highest BCUT2D eigenvalue weighted by Gasteiger charge is 2.16. The SMILES string of the molecule is O=C(Nc1cccc(O)c1)/C(=C/c1ccccc1)NC(=O)c1ccco1. The maximum Gasteiger partial charge on any atom is 0.291 e. The molecule has 0 atom stereocenters. The zero-order valence-corrected chi connectivity index (χ0v) is 13.7. The molecule has 3 N–H and O–H groups in total. The van der Waals surface area contributed by atoms with Crippen molar-refractivity contribution in [3.8, 4) is 5.75 Å². The summed E-state index contributed by atoms with van der Waals surface area (Å²) in [6.07, 6.45) is 2.93. The van der Waals surface area contributed by atoms with Crippen molar-refractivity contribution < 1.29 is 19.1 Å². The van der Waals surface area contributed by atoms with Gasteiger partial charge < -0.3 is 20.2 Å². The van der Waals surface area contributed by atoms with Gasteiger partial charge >= 0.3 is 0 Å². The number of nitrogens with one attached hydrogen (secondary N) is 2. The van der Waals surface area contributed by atoms with Crippen LogP contribution < -0.4 is 10.6 Å². The molecule has 0 saturated heterocycles. The molecule has 3 aromatic rings. The van der Waals surface area contributed by atoms with E-state index in [0.29, 0.717) is 5.69 Å². The number of phenolic OH excluding ortho intramolecular Hbond substituents is 1. The molecule has 0 radical (unpaired) electrons. The van der Waals surface area contributed by atoms with Crippen LogP contribution in [0.5, 0.6) is 5.75 Å². The molecule has 6 heteroatoms. The van der Waals surface area contributed by atoms with Crippen LogP contribution in [0, 0.1) is 0 Å². The molecule has 1 aromatic heterocycles. The number of benzene rings is 2. The van der Waals surface area contributed by atoms with Crippen LogP contribution in [-0.2, 0) is 4.79 Å². The molecule has 0 bridgehead atoms. The van der Waals surface area contributed by atoms with Crippen molar-refractivity contribution >= 4 is 23.6 Å². The molecule has 0 fully saturated rings. The summed E-state index contributed by atoms with van der Waals surface area (Å²) in [6.45, 7) is 0. The minimum absolute atomic E-state index is 0.0241. The van der Waals surface area contributed by atoms with Crippen LogP contribution in [0.15, 0.2) is 83.1 Å². The van der Waals surface area contributed by atoms with E-state index >= 15 is 0 Å². The quantitative estimate of drug-likeness (QED) is 0.616. The summed E-state index contributed by atoms with van der Waals surface area (Å²) in [5.74, 6) is -0.951. The fourth-order valence-corrected chi connectivity index (χ4v) is 2.25. The Morgan fingerprint density at radius 2 is 1.77 bits per heavy atom. The van der Waals surface area contributed by atoms with E-state index in [9.17, 15) is 14.7 Å². The second-order valence-corrected chi connectivity index (χ2v) is 5.40. The number of hydrogen-bond donors (Lipinski definition) is 3. The van der Waals surface area contributed by atoms with Gasteiger partial charge in [0.25, 0.3) is 11.8 Å². The summed E-state index contributed by atoms with van der Waals surface area (Å²) >= 11 is 0. The lowest BCUT2D eigenvalue weighted by Crippen LogP contribution is -2.30. The minimum atomic E-state index is -0.539. The van der Waals surface area contributed by atoms with Crippen molar-refractivity contribution in [1.82, 2.24) is 5.32 Å². The Labute approximate surface area is 149 Å². The average Bonchev–Trinajstić information content (AvgIpc) is 3.17. The molecule has 0 spiro atoms. The van der Waals surface area contributed by atoms with Crippen molar-refractivity contribution in [2.24, 2.45) is 0 Å². The third kappa shape index (κ3) is 4.39. The predicted molar refractivity (Wildman–Crippen MR) is 97.3 cm³/mol. The molecule has 0 aliphatic carbocycles. The molecule has 3 rings (SSSR count). The Balaban J connectivity index is 1.85. The minimum Gasteiger partial charge on any atom is -0.508 e. The number of hydrogen-bond acceptors (Lipinski definition) is 4. The van der Waals surface area contributed by atoms with Gasteiger partial charge in [0, 0.05) is 11.8 Å². The molecular weight excluding hydrogens is 332 g/mol. The van der Waals surface area contributed by atoms with Crippen LogP contribution >= 0.6 is 0 Å². The van der Waals surface area contributed by atoms with Crippen molar-refractivity contribution in [3.63, 3.8) is 0 Å². The summed E-state index contributed by atoms with van der Waals surface area (Å²) in [5.41, 5.74) is 1.19. The second kappa shape index (κ2) is 7.85. The van der Waals surface area contributed by atoms with Gasteiger partial charge in [-0.05, 0) is 35.9 Å². The zero-order valence-electron chi connectivity index (χ0n) is 13.7. The van der Waals surface area contributed by atoms with E-state index in [2.05, 4.69) is 10.6 Å². The number of carbonyl (C=O) groups excluding carboxylic acids is 2. The Morgan fingerprint density at radius 1 is 0.962 bits per heavy atom. The number of aromatic hydroxyl groups is 1. The molecular formula is C20H16N2O4. The molecule has 1 heterocycles. The third-order valence-electron chi connectivity index (χ3n) is 3.45. The lowest BCUT2D eigenvalue weighted by molar-refractivity contribution is -0.113. The van der Waals surface area contributed by atoms with Gasteiger partial charge in [0.1, 0.15) is 11.4 Å². The van der Waals surface area contributed by atoms with Gasteiger partial charge in [-0.25, -0.2) is 0 Å². The molecule has 0 aliphatic rings. The van der Waals surface area contributed by atoms with Gasteiger partial charge in [-0.1, -0.05) is 36.4 Å². The van der Waals surface area contributed by atoms with Crippen LogP contribution in [0.2, 0.25) is 0 Å². The van der Waals surface area contributed by atoms with E-state index in [1.54, 1.807) is 36.4 Å². The van der Waals surface area contributed by atoms with Crippen LogP contribution in [-0.4, -0.2) is 16.9 Å². The molecule has 2 aromatic carbocycles. The molecule has 26 heavy (non-hydrogen) atoms. The van der Waals surface area contributed by atoms with E-state index in [1.807, 2.05) is 18.2 Å². The number of anilines is 1. The highest BCUT2D eigenvalue weighted by atomic mass is 16.3. The Bertz CT molecular complexity index is 931. The van der Waals surface area contributed by atoms with E-state index in [1.165, 1.54) is 24.5 Å². The van der Waals surface area contributed by atoms with E-state index < -0.39 is 11.8 Å². The average molecular weight is 348 g/mol. The van der Waals surface area contributed by atoms with Gasteiger partial charge in [-0.3, -0.25) is 9.59 Å². The number of phenols is 1. The van der Waals surface area contributed by atoms with Crippen LogP contribution in [0.1, 0.15) is 16.1 Å². The maximum absolute atomic E-state index is 12.6. The van der Waals surface area contributed by atoms with Crippen LogP contribution in [0.4, 0.5) is 5.69 Å². The smallest absolute Gasteiger partial charge is 0.291 e. The molecule has 130 valence electrons. The topological polar surface area (TPSA) is 91.6 Å². The van der Waals surface area contributed by atoms with Crippen molar-refractivity contribution in [1.29, 1.82) is 0 Å². The summed E-state index contributed by atoms with van der Waals surface area (Å²) < 4.78 is 5.06. The van der Waals surface area contributed by atoms with Gasteiger partial charge in [0.05, 0.1) is 6.26 Å². The van der Waals surface area contributed by atoms with Gasteiger partial charge in [-0.2, -0.15) is 0 Å². The normalized spacial score (nSPS) is 11.0. The van der Waals surface area contributed by atoms with Crippen molar-refractivity contribution in [3.05, 3.63) is 90.0 Å². The van der Waals surface area contributed by atoms with Crippen molar-refractivity contribution in [2.45, 2.75) is 0 Å². The highest BCUT2D eigenvalue weighted by molar-refractivity contribution is 6.10. The number of amides is 2. The fourth-order valence-electron chi connectivity index (χ4n) is 2.25. The Morgan fingerprint density at radius 3 is 2.46 bits per heavy atom. The first-order chi connectivity index (χ1) is 12.6. The standard InChI is InChI=1S/C20H16N2O4/c23-16-9-4-8-15(13-16)21-19(24)17(12-14-6-2-1-3-7-14)22-20(25)18-10-5-11-26-18/h1-13,23H,(H,21,24)(H,22,25)/b17-12-. The van der Waals surface area contributed by atoms with Gasteiger partial charge in [0.15, 0.2) is 5.76 Å². The maximum atomic E-state index is 12.6. The fraction of sp³-hybridized carbons (Fsp3) is 0. The highest BCUT2D eigenvalue weighted by Crippen LogP contribution is 2.16. The summed E-state index contributed by atoms with van der Waals surface area (Å²) in [5, 5.41) is 14.7. The first kappa shape index (κ1) is 17.0. The van der Waals surface area contributed by atoms with E-state index in [-0.39, 0.29) is 17.2 Å². The van der Waals surface area contributed by atoms with Crippen LogP contribution in [0.3, 0.4) is 0 Å². The number of rotatable bonds is 5. The van der Waals surface area contributed by atoms with Gasteiger partial charge in [0.2, 0.25) is 0 Å². The summed E-state index contributed by atoms with van der Waals surface area (Å²) in [7, 11) is 0. The Kier molecular flexibility index (Phi) is 5.14. The van der Waals surface area contributed by atoms with Crippen molar-refractivity contribution in [2.75, 3.05) is 5.32 Å². The van der Waals surface area contributed by atoms with Crippen LogP contribution in [0.25, 0.3) is 6.08 Å². The molecule has 0 unspecified atom stereocenters. The monoisotopic (exact) mass is 348 g/mol. The largest absolute Gasteiger partial charge is 0.508 e. The molecule has 6 nitrogen and oxygen atoms in total. The summed E-state index contributed by atoms with van der Waals surface area (Å²) in [4.78, 5) is 24.9. The molecule has 0 saturated carbocycles. The molecule has 0 aliphatic heterocycles. The predicted octanol–water partition coefficient (Wildman–Crippen LogP) is 3.39. The molecule has 2 amide bonds. The third-order valence-corrected chi connectivity index (χ3v) is 3.45. The second-order valence-electron chi connectivity index (χ2n) is 5.40. The van der Waals surface area contributed by atoms with E-state index in [0.717, 1.165) is 5.56 Å². The number of furan rings is 1. The Hall–Kier alpha value is -3.80. The lowest BCUT2D eigenvalue weighted by Gasteiger charge is -2.10. The first-order valence-corrected chi connectivity index (χ1v) is 7.84. The van der Waals surface area contributed by atoms with E-state index in [4.69, 9.17) is 4.42 Å². The number of carbonyl (C=O) groups is 2. The van der Waals surface area contributed by atoms with Gasteiger partial charge in [-0.15, -0.1) is 0 Å². The lowest BCUT2D eigenvalue weighted by atomic mass is 10.2. The zero-order chi connectivity index (χ0) is 18.4. The first-order valence-electron chi connectivity index (χ1n) is 7.84. The summed E-state index contributed by atoms with van der Waals surface area (Å²) in [6, 6.07) is 18.3.